The molecule has 0 saturated carbocycles. The van der Waals surface area contributed by atoms with Crippen molar-refractivity contribution in [2.75, 3.05) is 6.54 Å². The maximum Gasteiger partial charge on any atom is 0.170 e. The number of likely N-dealkylation sites (N-methyl/N-ethyl adjacent to an activating group) is 1. The lowest BCUT2D eigenvalue weighted by molar-refractivity contribution is 0.329. The number of hydrogen-bond acceptors (Lipinski definition) is 2. The molecule has 1 aromatic carbocycles. The molecule has 1 fully saturated rings. The topological polar surface area (TPSA) is 33.1 Å². The Morgan fingerprint density at radius 2 is 1.73 bits per heavy atom. The molecule has 3 aromatic rings. The second-order valence-corrected chi connectivity index (χ2v) is 8.71. The fourth-order valence-corrected chi connectivity index (χ4v) is 5.41. The summed E-state index contributed by atoms with van der Waals surface area (Å²) in [5, 5.41) is 4.33. The third-order valence-corrected chi connectivity index (χ3v) is 6.54. The maximum absolute atomic E-state index is 5.71. The first-order chi connectivity index (χ1) is 14.3. The van der Waals surface area contributed by atoms with E-state index in [9.17, 15) is 0 Å². The molecule has 30 heavy (non-hydrogen) atoms. The molecule has 156 valence electrons. The lowest BCUT2D eigenvalue weighted by Gasteiger charge is -2.27. The van der Waals surface area contributed by atoms with E-state index in [1.807, 2.05) is 18.3 Å². The Morgan fingerprint density at radius 1 is 1.03 bits per heavy atom. The maximum atomic E-state index is 5.71. The monoisotopic (exact) mass is 418 g/mol. The van der Waals surface area contributed by atoms with Crippen LogP contribution in [0.25, 0.3) is 5.69 Å². The van der Waals surface area contributed by atoms with Crippen LogP contribution in [-0.4, -0.2) is 26.1 Å². The smallest absolute Gasteiger partial charge is 0.170 e. The number of nitrogens with one attached hydrogen (secondary N) is 1. The zero-order chi connectivity index (χ0) is 21.6. The normalized spacial score (nSPS) is 18.7. The molecule has 0 bridgehead atoms. The second-order valence-electron chi connectivity index (χ2n) is 8.32. The molecule has 4 rings (SSSR count). The van der Waals surface area contributed by atoms with Crippen LogP contribution in [-0.2, 0) is 0 Å². The van der Waals surface area contributed by atoms with Crippen LogP contribution in [0.3, 0.4) is 0 Å². The number of aryl methyl sites for hydroxylation is 4. The molecule has 5 heteroatoms. The van der Waals surface area contributed by atoms with Gasteiger partial charge in [-0.1, -0.05) is 23.8 Å². The Morgan fingerprint density at radius 3 is 2.33 bits per heavy atom. The van der Waals surface area contributed by atoms with Crippen LogP contribution in [0.4, 0.5) is 0 Å². The van der Waals surface area contributed by atoms with Gasteiger partial charge in [0.25, 0.3) is 0 Å². The molecule has 1 N–H and O–H groups in total. The number of rotatable bonds is 4. The number of nitrogens with zero attached hydrogens (tertiary/aromatic N) is 3. The number of hydrogen-bond donors (Lipinski definition) is 1. The Bertz CT molecular complexity index is 1080. The van der Waals surface area contributed by atoms with Gasteiger partial charge in [0.1, 0.15) is 0 Å². The summed E-state index contributed by atoms with van der Waals surface area (Å²) in [6.45, 7) is 14.0. The summed E-state index contributed by atoms with van der Waals surface area (Å²) in [6, 6.07) is 13.1. The quantitative estimate of drug-likeness (QED) is 0.575. The predicted molar refractivity (Wildman–Crippen MR) is 127 cm³/mol. The average molecular weight is 419 g/mol. The zero-order valence-corrected chi connectivity index (χ0v) is 19.5. The zero-order valence-electron chi connectivity index (χ0n) is 18.7. The number of benzene rings is 1. The van der Waals surface area contributed by atoms with E-state index < -0.39 is 0 Å². The Labute approximate surface area is 184 Å². The Kier molecular flexibility index (Phi) is 5.41. The predicted octanol–water partition coefficient (Wildman–Crippen LogP) is 5.41. The molecule has 3 heterocycles. The Hall–Kier alpha value is -2.66. The second kappa shape index (κ2) is 7.88. The molecule has 0 radical (unpaired) electrons. The summed E-state index contributed by atoms with van der Waals surface area (Å²) in [5.41, 5.74) is 10.0. The molecule has 2 unspecified atom stereocenters. The van der Waals surface area contributed by atoms with Crippen molar-refractivity contribution in [3.05, 3.63) is 81.9 Å². The third kappa shape index (κ3) is 3.31. The molecule has 1 aliphatic heterocycles. The molecule has 2 atom stereocenters. The first-order valence-electron chi connectivity index (χ1n) is 10.6. The van der Waals surface area contributed by atoms with Gasteiger partial charge in [0.05, 0.1) is 23.5 Å². The van der Waals surface area contributed by atoms with Crippen molar-refractivity contribution < 1.29 is 0 Å². The van der Waals surface area contributed by atoms with Gasteiger partial charge in [0, 0.05) is 24.1 Å². The summed E-state index contributed by atoms with van der Waals surface area (Å²) >= 11 is 5.71. The molecule has 0 aliphatic carbocycles. The Balaban J connectivity index is 1.88. The number of pyridine rings is 1. The molecular formula is C25H30N4S. The van der Waals surface area contributed by atoms with Crippen LogP contribution in [0.2, 0.25) is 0 Å². The first-order valence-corrected chi connectivity index (χ1v) is 11.0. The molecule has 0 amide bonds. The van der Waals surface area contributed by atoms with Gasteiger partial charge in [-0.2, -0.15) is 0 Å². The van der Waals surface area contributed by atoms with E-state index in [-0.39, 0.29) is 12.1 Å². The number of aromatic nitrogens is 2. The molecule has 4 nitrogen and oxygen atoms in total. The van der Waals surface area contributed by atoms with Crippen LogP contribution in [0, 0.1) is 34.6 Å². The minimum absolute atomic E-state index is 0.0350. The van der Waals surface area contributed by atoms with Crippen molar-refractivity contribution >= 4 is 17.3 Å². The molecule has 0 spiro atoms. The highest BCUT2D eigenvalue weighted by molar-refractivity contribution is 7.80. The van der Waals surface area contributed by atoms with E-state index >= 15 is 0 Å². The SMILES string of the molecule is CCN1C(=S)NC(c2ccccn2)C1c1cc(C)n(-c2c(C)cc(C)cc2C)c1C. The van der Waals surface area contributed by atoms with E-state index in [2.05, 4.69) is 85.6 Å². The van der Waals surface area contributed by atoms with Crippen LogP contribution in [0.15, 0.2) is 42.6 Å². The van der Waals surface area contributed by atoms with Gasteiger partial charge < -0.3 is 14.8 Å². The van der Waals surface area contributed by atoms with E-state index in [4.69, 9.17) is 12.2 Å². The summed E-state index contributed by atoms with van der Waals surface area (Å²) in [7, 11) is 0. The van der Waals surface area contributed by atoms with Crippen molar-refractivity contribution in [2.45, 2.75) is 53.6 Å². The minimum atomic E-state index is 0.0350. The van der Waals surface area contributed by atoms with Crippen molar-refractivity contribution in [1.29, 1.82) is 0 Å². The van der Waals surface area contributed by atoms with Gasteiger partial charge in [-0.05, 0) is 88.6 Å². The van der Waals surface area contributed by atoms with E-state index in [1.165, 1.54) is 39.3 Å². The van der Waals surface area contributed by atoms with Crippen LogP contribution < -0.4 is 5.32 Å². The molecule has 1 aliphatic rings. The molecule has 1 saturated heterocycles. The van der Waals surface area contributed by atoms with E-state index in [1.54, 1.807) is 0 Å². The number of thiocarbonyl (C=S) groups is 1. The average Bonchev–Trinajstić information content (AvgIpc) is 3.18. The van der Waals surface area contributed by atoms with Crippen molar-refractivity contribution in [1.82, 2.24) is 19.8 Å². The highest BCUT2D eigenvalue weighted by Crippen LogP contribution is 2.41. The highest BCUT2D eigenvalue weighted by atomic mass is 32.1. The van der Waals surface area contributed by atoms with Gasteiger partial charge >= 0.3 is 0 Å². The van der Waals surface area contributed by atoms with E-state index in [0.717, 1.165) is 17.4 Å². The van der Waals surface area contributed by atoms with Crippen molar-refractivity contribution in [3.63, 3.8) is 0 Å². The van der Waals surface area contributed by atoms with Gasteiger partial charge in [0.15, 0.2) is 5.11 Å². The molecule has 2 aromatic heterocycles. The van der Waals surface area contributed by atoms with Crippen molar-refractivity contribution in [3.8, 4) is 5.69 Å². The largest absolute Gasteiger partial charge is 0.352 e. The van der Waals surface area contributed by atoms with Gasteiger partial charge in [-0.3, -0.25) is 4.98 Å². The molecular weight excluding hydrogens is 388 g/mol. The first kappa shape index (κ1) is 20.6. The van der Waals surface area contributed by atoms with Crippen molar-refractivity contribution in [2.24, 2.45) is 0 Å². The fraction of sp³-hybridized carbons (Fsp3) is 0.360. The summed E-state index contributed by atoms with van der Waals surface area (Å²) < 4.78 is 2.41. The summed E-state index contributed by atoms with van der Waals surface area (Å²) in [6.07, 6.45) is 1.86. The third-order valence-electron chi connectivity index (χ3n) is 6.19. The minimum Gasteiger partial charge on any atom is -0.352 e. The summed E-state index contributed by atoms with van der Waals surface area (Å²) in [4.78, 5) is 6.93. The van der Waals surface area contributed by atoms with E-state index in [0.29, 0.717) is 0 Å². The fourth-order valence-electron chi connectivity index (χ4n) is 5.04. The standard InChI is InChI=1S/C25H30N4S/c1-7-28-24(22(27-25(28)30)21-10-8-9-11-26-21)20-14-18(5)29(19(20)6)23-16(3)12-15(2)13-17(23)4/h8-14,22,24H,7H2,1-6H3,(H,27,30). The van der Waals surface area contributed by atoms with Crippen LogP contribution >= 0.6 is 12.2 Å². The van der Waals surface area contributed by atoms with Crippen LogP contribution in [0.5, 0.6) is 0 Å². The van der Waals surface area contributed by atoms with Gasteiger partial charge in [-0.25, -0.2) is 0 Å². The summed E-state index contributed by atoms with van der Waals surface area (Å²) in [5.74, 6) is 0. The lowest BCUT2D eigenvalue weighted by atomic mass is 9.96. The lowest BCUT2D eigenvalue weighted by Crippen LogP contribution is -2.29. The van der Waals surface area contributed by atoms with Gasteiger partial charge in [0.2, 0.25) is 0 Å². The van der Waals surface area contributed by atoms with Crippen LogP contribution in [0.1, 0.15) is 58.3 Å². The van der Waals surface area contributed by atoms with Gasteiger partial charge in [-0.15, -0.1) is 0 Å². The highest BCUT2D eigenvalue weighted by Gasteiger charge is 2.40.